The van der Waals surface area contributed by atoms with Crippen molar-refractivity contribution in [2.45, 2.75) is 25.3 Å². The van der Waals surface area contributed by atoms with Crippen LogP contribution in [0, 0.1) is 0 Å². The Bertz CT molecular complexity index is 742. The Balaban J connectivity index is 1.39. The highest BCUT2D eigenvalue weighted by Gasteiger charge is 2.28. The van der Waals surface area contributed by atoms with Gasteiger partial charge < -0.3 is 14.2 Å². The molecule has 0 aliphatic carbocycles. The van der Waals surface area contributed by atoms with Crippen molar-refractivity contribution in [3.05, 3.63) is 48.3 Å². The van der Waals surface area contributed by atoms with E-state index in [2.05, 4.69) is 19.4 Å². The van der Waals surface area contributed by atoms with Gasteiger partial charge in [0.1, 0.15) is 5.82 Å². The summed E-state index contributed by atoms with van der Waals surface area (Å²) in [6.07, 6.45) is 7.78. The highest BCUT2D eigenvalue weighted by molar-refractivity contribution is 5.78. The number of morpholine rings is 1. The predicted octanol–water partition coefficient (Wildman–Crippen LogP) is 1.36. The number of aromatic nitrogens is 3. The molecule has 7 nitrogen and oxygen atoms in total. The molecule has 1 amide bonds. The Morgan fingerprint density at radius 1 is 1.15 bits per heavy atom. The maximum absolute atomic E-state index is 12.8. The minimum Gasteiger partial charge on any atom is -0.379 e. The van der Waals surface area contributed by atoms with Gasteiger partial charge in [-0.05, 0) is 25.0 Å². The summed E-state index contributed by atoms with van der Waals surface area (Å²) >= 11 is 0. The molecule has 0 N–H and O–H groups in total. The predicted molar refractivity (Wildman–Crippen MR) is 101 cm³/mol. The summed E-state index contributed by atoms with van der Waals surface area (Å²) in [5.74, 6) is 1.57. The third-order valence-electron chi connectivity index (χ3n) is 5.41. The molecule has 2 aliphatic heterocycles. The highest BCUT2D eigenvalue weighted by atomic mass is 16.5. The number of amides is 1. The van der Waals surface area contributed by atoms with Gasteiger partial charge in [0.2, 0.25) is 5.91 Å². The molecule has 4 rings (SSSR count). The van der Waals surface area contributed by atoms with Crippen LogP contribution >= 0.6 is 0 Å². The average Bonchev–Trinajstić information content (AvgIpc) is 3.18. The third-order valence-corrected chi connectivity index (χ3v) is 5.41. The Labute approximate surface area is 160 Å². The molecule has 0 bridgehead atoms. The number of likely N-dealkylation sites (tertiary alicyclic amines) is 1. The van der Waals surface area contributed by atoms with Crippen molar-refractivity contribution >= 4 is 5.91 Å². The number of ether oxygens (including phenoxy) is 1. The van der Waals surface area contributed by atoms with Gasteiger partial charge in [-0.1, -0.05) is 6.07 Å². The van der Waals surface area contributed by atoms with E-state index in [4.69, 9.17) is 4.74 Å². The molecule has 0 aromatic carbocycles. The molecule has 4 heterocycles. The SMILES string of the molecule is O=C(CN1CCOCC1)N1CCCC(c2nccn2Cc2ccccn2)C1. The molecule has 0 radical (unpaired) electrons. The molecule has 0 spiro atoms. The molecule has 2 fully saturated rings. The van der Waals surface area contributed by atoms with E-state index in [1.54, 1.807) is 0 Å². The van der Waals surface area contributed by atoms with Crippen LogP contribution in [0.3, 0.4) is 0 Å². The first-order valence-electron chi connectivity index (χ1n) is 9.78. The summed E-state index contributed by atoms with van der Waals surface area (Å²) in [5, 5.41) is 0. The van der Waals surface area contributed by atoms with Gasteiger partial charge in [-0.2, -0.15) is 0 Å². The average molecular weight is 369 g/mol. The van der Waals surface area contributed by atoms with Gasteiger partial charge in [-0.25, -0.2) is 4.98 Å². The molecule has 1 atom stereocenters. The van der Waals surface area contributed by atoms with Gasteiger partial charge in [0, 0.05) is 50.7 Å². The fraction of sp³-hybridized carbons (Fsp3) is 0.550. The van der Waals surface area contributed by atoms with Crippen LogP contribution in [0.4, 0.5) is 0 Å². The van der Waals surface area contributed by atoms with Crippen LogP contribution in [0.15, 0.2) is 36.8 Å². The number of hydrogen-bond donors (Lipinski definition) is 0. The number of pyridine rings is 1. The fourth-order valence-electron chi connectivity index (χ4n) is 3.95. The van der Waals surface area contributed by atoms with E-state index >= 15 is 0 Å². The molecule has 2 aromatic heterocycles. The largest absolute Gasteiger partial charge is 0.379 e. The maximum Gasteiger partial charge on any atom is 0.236 e. The summed E-state index contributed by atoms with van der Waals surface area (Å²) in [5.41, 5.74) is 1.02. The Morgan fingerprint density at radius 2 is 2.04 bits per heavy atom. The Morgan fingerprint density at radius 3 is 2.85 bits per heavy atom. The van der Waals surface area contributed by atoms with Gasteiger partial charge in [0.05, 0.1) is 32.0 Å². The van der Waals surface area contributed by atoms with Gasteiger partial charge in [-0.3, -0.25) is 14.7 Å². The lowest BCUT2D eigenvalue weighted by atomic mass is 9.97. The lowest BCUT2D eigenvalue weighted by molar-refractivity contribution is -0.134. The minimum atomic E-state index is 0.226. The summed E-state index contributed by atoms with van der Waals surface area (Å²) in [6, 6.07) is 5.96. The number of rotatable bonds is 5. The standard InChI is InChI=1S/C20H27N5O2/c26-19(16-23-10-12-27-13-11-23)24-8-3-4-17(14-24)20-22-7-9-25(20)15-18-5-1-2-6-21-18/h1-2,5-7,9,17H,3-4,8,10-16H2. The summed E-state index contributed by atoms with van der Waals surface area (Å²) in [7, 11) is 0. The molecular formula is C20H27N5O2. The Hall–Kier alpha value is -2.25. The van der Waals surface area contributed by atoms with Crippen LogP contribution in [-0.4, -0.2) is 76.2 Å². The summed E-state index contributed by atoms with van der Waals surface area (Å²) in [6.45, 7) is 5.95. The zero-order valence-corrected chi connectivity index (χ0v) is 15.7. The first-order chi connectivity index (χ1) is 13.3. The highest BCUT2D eigenvalue weighted by Crippen LogP contribution is 2.26. The summed E-state index contributed by atoms with van der Waals surface area (Å²) in [4.78, 5) is 26.0. The topological polar surface area (TPSA) is 63.5 Å². The van der Waals surface area contributed by atoms with E-state index in [1.807, 2.05) is 41.7 Å². The first-order valence-corrected chi connectivity index (χ1v) is 9.78. The van der Waals surface area contributed by atoms with E-state index in [-0.39, 0.29) is 11.8 Å². The number of hydrogen-bond acceptors (Lipinski definition) is 5. The Kier molecular flexibility index (Phi) is 5.79. The van der Waals surface area contributed by atoms with Crippen molar-refractivity contribution in [1.82, 2.24) is 24.3 Å². The minimum absolute atomic E-state index is 0.226. The zero-order valence-electron chi connectivity index (χ0n) is 15.7. The first kappa shape index (κ1) is 18.1. The van der Waals surface area contributed by atoms with Crippen molar-refractivity contribution in [3.63, 3.8) is 0 Å². The second kappa shape index (κ2) is 8.63. The number of piperidine rings is 1. The van der Waals surface area contributed by atoms with Crippen LogP contribution in [-0.2, 0) is 16.1 Å². The number of carbonyl (C=O) groups is 1. The number of carbonyl (C=O) groups excluding carboxylic acids is 1. The second-order valence-electron chi connectivity index (χ2n) is 7.30. The molecule has 2 saturated heterocycles. The van der Waals surface area contributed by atoms with Crippen LogP contribution in [0.1, 0.15) is 30.3 Å². The van der Waals surface area contributed by atoms with Crippen molar-refractivity contribution in [3.8, 4) is 0 Å². The lowest BCUT2D eigenvalue weighted by Crippen LogP contribution is -2.47. The molecule has 144 valence electrons. The van der Waals surface area contributed by atoms with E-state index < -0.39 is 0 Å². The summed E-state index contributed by atoms with van der Waals surface area (Å²) < 4.78 is 7.54. The molecule has 27 heavy (non-hydrogen) atoms. The smallest absolute Gasteiger partial charge is 0.236 e. The van der Waals surface area contributed by atoms with Gasteiger partial charge in [0.15, 0.2) is 0 Å². The zero-order chi connectivity index (χ0) is 18.5. The van der Waals surface area contributed by atoms with E-state index in [9.17, 15) is 4.79 Å². The van der Waals surface area contributed by atoms with Gasteiger partial charge >= 0.3 is 0 Å². The molecule has 2 aromatic rings. The lowest BCUT2D eigenvalue weighted by Gasteiger charge is -2.35. The monoisotopic (exact) mass is 369 g/mol. The fourth-order valence-corrected chi connectivity index (χ4v) is 3.95. The second-order valence-corrected chi connectivity index (χ2v) is 7.30. The maximum atomic E-state index is 12.8. The van der Waals surface area contributed by atoms with Crippen LogP contribution < -0.4 is 0 Å². The molecule has 0 saturated carbocycles. The van der Waals surface area contributed by atoms with Crippen molar-refractivity contribution in [2.75, 3.05) is 45.9 Å². The van der Waals surface area contributed by atoms with Crippen molar-refractivity contribution in [1.29, 1.82) is 0 Å². The number of imidazole rings is 1. The molecule has 1 unspecified atom stereocenters. The van der Waals surface area contributed by atoms with Crippen LogP contribution in [0.2, 0.25) is 0 Å². The van der Waals surface area contributed by atoms with Crippen molar-refractivity contribution < 1.29 is 9.53 Å². The molecular weight excluding hydrogens is 342 g/mol. The van der Waals surface area contributed by atoms with Crippen molar-refractivity contribution in [2.24, 2.45) is 0 Å². The molecule has 7 heteroatoms. The van der Waals surface area contributed by atoms with Crippen LogP contribution in [0.25, 0.3) is 0 Å². The number of nitrogens with zero attached hydrogens (tertiary/aromatic N) is 5. The van der Waals surface area contributed by atoms with E-state index in [0.717, 1.165) is 63.8 Å². The van der Waals surface area contributed by atoms with E-state index in [1.165, 1.54) is 0 Å². The third kappa shape index (κ3) is 4.54. The van der Waals surface area contributed by atoms with E-state index in [0.29, 0.717) is 13.1 Å². The quantitative estimate of drug-likeness (QED) is 0.796. The van der Waals surface area contributed by atoms with Crippen LogP contribution in [0.5, 0.6) is 0 Å². The van der Waals surface area contributed by atoms with Gasteiger partial charge in [-0.15, -0.1) is 0 Å². The molecule has 2 aliphatic rings. The normalized spacial score (nSPS) is 21.3. The van der Waals surface area contributed by atoms with Gasteiger partial charge in [0.25, 0.3) is 0 Å².